The lowest BCUT2D eigenvalue weighted by molar-refractivity contribution is 0.187. The summed E-state index contributed by atoms with van der Waals surface area (Å²) >= 11 is 3.72. The minimum atomic E-state index is -0.349. The van der Waals surface area contributed by atoms with Crippen molar-refractivity contribution in [1.82, 2.24) is 4.67 Å². The largest absolute Gasteiger partial charge is 0.335 e. The van der Waals surface area contributed by atoms with E-state index in [1.54, 1.807) is 0 Å². The zero-order valence-corrected chi connectivity index (χ0v) is 14.2. The highest BCUT2D eigenvalue weighted by Crippen LogP contribution is 2.67. The fraction of sp³-hybridized carbons (Fsp3) is 0.625. The molecule has 108 valence electrons. The van der Waals surface area contributed by atoms with Gasteiger partial charge < -0.3 is 4.52 Å². The maximum absolute atomic E-state index is 6.64. The van der Waals surface area contributed by atoms with Crippen molar-refractivity contribution in [2.24, 2.45) is 5.92 Å². The lowest BCUT2D eigenvalue weighted by atomic mass is 9.94. The highest BCUT2D eigenvalue weighted by molar-refractivity contribution is 9.10. The third-order valence-electron chi connectivity index (χ3n) is 5.00. The summed E-state index contributed by atoms with van der Waals surface area (Å²) in [6.45, 7) is 2.52. The van der Waals surface area contributed by atoms with Gasteiger partial charge in [0.05, 0.1) is 6.10 Å². The normalized spacial score (nSPS) is 37.5. The van der Waals surface area contributed by atoms with E-state index in [1.165, 1.54) is 55.2 Å². The van der Waals surface area contributed by atoms with Crippen LogP contribution in [0, 0.1) is 5.92 Å². The van der Waals surface area contributed by atoms with Crippen molar-refractivity contribution in [3.05, 3.63) is 34.3 Å². The summed E-state index contributed by atoms with van der Waals surface area (Å²) in [4.78, 5) is 0. The third-order valence-corrected chi connectivity index (χ3v) is 8.33. The van der Waals surface area contributed by atoms with E-state index in [0.717, 1.165) is 11.6 Å². The molecule has 3 aliphatic rings. The number of fused-ring (bicyclic) bond motifs is 1. The Bertz CT molecular complexity index is 491. The molecule has 0 aromatic heterocycles. The fourth-order valence-corrected chi connectivity index (χ4v) is 7.47. The molecule has 2 aliphatic heterocycles. The Labute approximate surface area is 130 Å². The molecule has 0 spiro atoms. The standard InChI is InChI=1S/C16H21BrNOP/c17-14-8-2-1-6-12(14)16-13-7-5-9-15(13)20(19-16)18-10-3-4-11-18/h1-2,6,8,13,15-16H,3-5,7,9-11H2/t13?,15?,16-,20?/m1/s1. The van der Waals surface area contributed by atoms with Crippen LogP contribution in [0.4, 0.5) is 0 Å². The smallest absolute Gasteiger partial charge is 0.108 e. The monoisotopic (exact) mass is 353 g/mol. The van der Waals surface area contributed by atoms with Crippen LogP contribution in [-0.2, 0) is 4.52 Å². The van der Waals surface area contributed by atoms with Gasteiger partial charge in [-0.3, -0.25) is 4.67 Å². The van der Waals surface area contributed by atoms with Crippen LogP contribution < -0.4 is 0 Å². The quantitative estimate of drug-likeness (QED) is 0.686. The summed E-state index contributed by atoms with van der Waals surface area (Å²) in [7, 11) is -0.349. The molecule has 0 N–H and O–H groups in total. The topological polar surface area (TPSA) is 12.5 Å². The Morgan fingerprint density at radius 1 is 1.10 bits per heavy atom. The van der Waals surface area contributed by atoms with E-state index in [0.29, 0.717) is 6.10 Å². The lowest BCUT2D eigenvalue weighted by Crippen LogP contribution is -2.18. The minimum Gasteiger partial charge on any atom is -0.335 e. The molecule has 4 heteroatoms. The number of nitrogens with zero attached hydrogens (tertiary/aromatic N) is 1. The van der Waals surface area contributed by atoms with Crippen LogP contribution in [-0.4, -0.2) is 23.4 Å². The molecule has 20 heavy (non-hydrogen) atoms. The SMILES string of the molecule is Brc1ccccc1[C@H]1OP(N2CCCC2)C2CCCC21. The predicted molar refractivity (Wildman–Crippen MR) is 86.8 cm³/mol. The molecule has 2 saturated heterocycles. The van der Waals surface area contributed by atoms with Gasteiger partial charge in [-0.15, -0.1) is 0 Å². The summed E-state index contributed by atoms with van der Waals surface area (Å²) in [5.74, 6) is 0.750. The van der Waals surface area contributed by atoms with E-state index >= 15 is 0 Å². The second-order valence-electron chi connectivity index (χ2n) is 6.17. The molecule has 1 aromatic rings. The Morgan fingerprint density at radius 3 is 2.70 bits per heavy atom. The molecular formula is C16H21BrNOP. The number of halogens is 1. The Morgan fingerprint density at radius 2 is 1.90 bits per heavy atom. The van der Waals surface area contributed by atoms with Gasteiger partial charge in [-0.05, 0) is 43.2 Å². The Balaban J connectivity index is 1.63. The zero-order chi connectivity index (χ0) is 13.5. The van der Waals surface area contributed by atoms with Crippen LogP contribution in [0.2, 0.25) is 0 Å². The van der Waals surface area contributed by atoms with Crippen molar-refractivity contribution < 1.29 is 4.52 Å². The Hall–Kier alpha value is 0.0500. The number of hydrogen-bond acceptors (Lipinski definition) is 2. The first-order valence-corrected chi connectivity index (χ1v) is 9.87. The van der Waals surface area contributed by atoms with Crippen LogP contribution in [0.5, 0.6) is 0 Å². The number of benzene rings is 1. The predicted octanol–water partition coefficient (Wildman–Crippen LogP) is 5.10. The maximum atomic E-state index is 6.64. The maximum Gasteiger partial charge on any atom is 0.108 e. The molecule has 0 bridgehead atoms. The fourth-order valence-electron chi connectivity index (χ4n) is 4.04. The second-order valence-corrected chi connectivity index (χ2v) is 9.07. The average Bonchev–Trinajstić information content (AvgIpc) is 3.16. The summed E-state index contributed by atoms with van der Waals surface area (Å²) in [5.41, 5.74) is 2.19. The van der Waals surface area contributed by atoms with Crippen molar-refractivity contribution in [1.29, 1.82) is 0 Å². The molecule has 1 aliphatic carbocycles. The molecule has 3 unspecified atom stereocenters. The molecule has 1 aromatic carbocycles. The molecular weight excluding hydrogens is 333 g/mol. The summed E-state index contributed by atoms with van der Waals surface area (Å²) in [6, 6.07) is 8.63. The molecule has 2 nitrogen and oxygen atoms in total. The first-order valence-electron chi connectivity index (χ1n) is 7.80. The van der Waals surface area contributed by atoms with Gasteiger partial charge in [0.25, 0.3) is 0 Å². The third kappa shape index (κ3) is 2.27. The highest BCUT2D eigenvalue weighted by Gasteiger charge is 2.50. The van der Waals surface area contributed by atoms with Crippen LogP contribution >= 0.6 is 24.2 Å². The summed E-state index contributed by atoms with van der Waals surface area (Å²) in [5, 5.41) is 0. The van der Waals surface area contributed by atoms with E-state index in [2.05, 4.69) is 44.9 Å². The van der Waals surface area contributed by atoms with Gasteiger partial charge in [-0.2, -0.15) is 0 Å². The molecule has 1 saturated carbocycles. The summed E-state index contributed by atoms with van der Waals surface area (Å²) in [6.07, 6.45) is 7.17. The van der Waals surface area contributed by atoms with Gasteiger partial charge in [-0.25, -0.2) is 0 Å². The Kier molecular flexibility index (Phi) is 3.89. The zero-order valence-electron chi connectivity index (χ0n) is 11.7. The van der Waals surface area contributed by atoms with E-state index < -0.39 is 0 Å². The van der Waals surface area contributed by atoms with Crippen molar-refractivity contribution in [2.45, 2.75) is 43.9 Å². The van der Waals surface area contributed by atoms with Crippen LogP contribution in [0.3, 0.4) is 0 Å². The van der Waals surface area contributed by atoms with Gasteiger partial charge in [0.15, 0.2) is 0 Å². The molecule has 0 radical (unpaired) electrons. The van der Waals surface area contributed by atoms with Crippen molar-refractivity contribution in [2.75, 3.05) is 13.1 Å². The second kappa shape index (κ2) is 5.68. The molecule has 3 fully saturated rings. The van der Waals surface area contributed by atoms with Gasteiger partial charge in [-0.1, -0.05) is 40.5 Å². The molecule has 4 atom stereocenters. The van der Waals surface area contributed by atoms with Gasteiger partial charge in [0.1, 0.15) is 8.30 Å². The van der Waals surface area contributed by atoms with E-state index in [4.69, 9.17) is 4.52 Å². The van der Waals surface area contributed by atoms with E-state index in [9.17, 15) is 0 Å². The lowest BCUT2D eigenvalue weighted by Gasteiger charge is -2.26. The molecule has 4 rings (SSSR count). The highest BCUT2D eigenvalue weighted by atomic mass is 79.9. The van der Waals surface area contributed by atoms with E-state index in [-0.39, 0.29) is 8.30 Å². The van der Waals surface area contributed by atoms with Crippen molar-refractivity contribution >= 4 is 24.2 Å². The van der Waals surface area contributed by atoms with Crippen molar-refractivity contribution in [3.8, 4) is 0 Å². The average molecular weight is 354 g/mol. The van der Waals surface area contributed by atoms with Crippen LogP contribution in [0.1, 0.15) is 43.8 Å². The number of rotatable bonds is 2. The van der Waals surface area contributed by atoms with Gasteiger partial charge >= 0.3 is 0 Å². The van der Waals surface area contributed by atoms with E-state index in [1.807, 2.05) is 0 Å². The van der Waals surface area contributed by atoms with Crippen LogP contribution in [0.15, 0.2) is 28.7 Å². The summed E-state index contributed by atoms with van der Waals surface area (Å²) < 4.78 is 10.5. The van der Waals surface area contributed by atoms with Gasteiger partial charge in [0, 0.05) is 23.2 Å². The molecule has 0 amide bonds. The van der Waals surface area contributed by atoms with Crippen molar-refractivity contribution in [3.63, 3.8) is 0 Å². The first kappa shape index (κ1) is 13.7. The van der Waals surface area contributed by atoms with Crippen LogP contribution in [0.25, 0.3) is 0 Å². The molecule has 2 heterocycles. The van der Waals surface area contributed by atoms with Gasteiger partial charge in [0.2, 0.25) is 0 Å². The first-order chi connectivity index (χ1) is 9.84. The number of hydrogen-bond donors (Lipinski definition) is 0. The minimum absolute atomic E-state index is 0.324.